The summed E-state index contributed by atoms with van der Waals surface area (Å²) in [6.07, 6.45) is 1.90. The van der Waals surface area contributed by atoms with Gasteiger partial charge in [0.2, 0.25) is 0 Å². The maximum absolute atomic E-state index is 13.1. The molecular formula is C22H23FN2O3. The van der Waals surface area contributed by atoms with Crippen LogP contribution in [0, 0.1) is 5.82 Å². The summed E-state index contributed by atoms with van der Waals surface area (Å²) in [6.45, 7) is 5.42. The summed E-state index contributed by atoms with van der Waals surface area (Å²) < 4.78 is 24.5. The maximum atomic E-state index is 13.1. The molecule has 1 fully saturated rings. The molecule has 0 aliphatic carbocycles. The van der Waals surface area contributed by atoms with Crippen molar-refractivity contribution in [3.05, 3.63) is 59.4 Å². The Hall–Kier alpha value is -3.02. The van der Waals surface area contributed by atoms with Crippen LogP contribution in [-0.4, -0.2) is 50.2 Å². The number of carbonyl (C=O) groups is 1. The van der Waals surface area contributed by atoms with Gasteiger partial charge in [-0.25, -0.2) is 4.39 Å². The van der Waals surface area contributed by atoms with Gasteiger partial charge in [-0.05, 0) is 43.3 Å². The lowest BCUT2D eigenvalue weighted by Gasteiger charge is -2.36. The standard InChI is InChI=1S/C22H23FN2O3/c1-2-27-20-5-3-4-16-14-17(15-28-21(16)20)22(26)25-12-10-24(11-13-25)19-8-6-18(23)7-9-19/h3-9,14H,2,10-13,15H2,1H3. The zero-order valence-electron chi connectivity index (χ0n) is 15.9. The average Bonchev–Trinajstić information content (AvgIpc) is 2.74. The van der Waals surface area contributed by atoms with Crippen molar-refractivity contribution in [1.29, 1.82) is 0 Å². The van der Waals surface area contributed by atoms with Crippen LogP contribution < -0.4 is 14.4 Å². The minimum atomic E-state index is -0.241. The number of ether oxygens (including phenoxy) is 2. The van der Waals surface area contributed by atoms with Crippen molar-refractivity contribution in [3.8, 4) is 11.5 Å². The molecular weight excluding hydrogens is 359 g/mol. The van der Waals surface area contributed by atoms with E-state index in [9.17, 15) is 9.18 Å². The number of nitrogens with zero attached hydrogens (tertiary/aromatic N) is 2. The second kappa shape index (κ2) is 7.92. The Morgan fingerprint density at radius 1 is 1.11 bits per heavy atom. The molecule has 0 atom stereocenters. The van der Waals surface area contributed by atoms with E-state index in [2.05, 4.69) is 4.90 Å². The molecule has 28 heavy (non-hydrogen) atoms. The second-order valence-corrected chi connectivity index (χ2v) is 6.82. The zero-order valence-corrected chi connectivity index (χ0v) is 15.9. The number of para-hydroxylation sites is 1. The van der Waals surface area contributed by atoms with E-state index in [1.165, 1.54) is 12.1 Å². The van der Waals surface area contributed by atoms with Crippen molar-refractivity contribution in [2.24, 2.45) is 0 Å². The van der Waals surface area contributed by atoms with E-state index in [0.717, 1.165) is 24.3 Å². The Bertz CT molecular complexity index is 887. The third-order valence-corrected chi connectivity index (χ3v) is 5.04. The molecule has 0 N–H and O–H groups in total. The largest absolute Gasteiger partial charge is 0.490 e. The summed E-state index contributed by atoms with van der Waals surface area (Å²) in [4.78, 5) is 17.0. The Kier molecular flexibility index (Phi) is 5.19. The molecule has 1 saturated heterocycles. The van der Waals surface area contributed by atoms with Gasteiger partial charge in [0.05, 0.1) is 12.2 Å². The predicted molar refractivity (Wildman–Crippen MR) is 106 cm³/mol. The Morgan fingerprint density at radius 3 is 2.57 bits per heavy atom. The topological polar surface area (TPSA) is 42.0 Å². The van der Waals surface area contributed by atoms with Gasteiger partial charge in [-0.3, -0.25) is 4.79 Å². The quantitative estimate of drug-likeness (QED) is 0.813. The molecule has 6 heteroatoms. The number of fused-ring (bicyclic) bond motifs is 1. The lowest BCUT2D eigenvalue weighted by atomic mass is 10.1. The number of carbonyl (C=O) groups excluding carboxylic acids is 1. The third-order valence-electron chi connectivity index (χ3n) is 5.04. The van der Waals surface area contributed by atoms with Gasteiger partial charge in [0, 0.05) is 37.4 Å². The summed E-state index contributed by atoms with van der Waals surface area (Å²) in [6, 6.07) is 12.2. The lowest BCUT2D eigenvalue weighted by Crippen LogP contribution is -2.49. The summed E-state index contributed by atoms with van der Waals surface area (Å²) in [5, 5.41) is 0. The van der Waals surface area contributed by atoms with Crippen LogP contribution >= 0.6 is 0 Å². The molecule has 0 spiro atoms. The Morgan fingerprint density at radius 2 is 1.86 bits per heavy atom. The van der Waals surface area contributed by atoms with Crippen molar-refractivity contribution in [2.75, 3.05) is 44.3 Å². The number of piperazine rings is 1. The van der Waals surface area contributed by atoms with Crippen LogP contribution in [0.5, 0.6) is 11.5 Å². The number of hydrogen-bond donors (Lipinski definition) is 0. The van der Waals surface area contributed by atoms with E-state index in [1.807, 2.05) is 36.1 Å². The molecule has 2 aliphatic rings. The van der Waals surface area contributed by atoms with Crippen molar-refractivity contribution < 1.29 is 18.7 Å². The lowest BCUT2D eigenvalue weighted by molar-refractivity contribution is -0.127. The van der Waals surface area contributed by atoms with Crippen LogP contribution in [0.4, 0.5) is 10.1 Å². The van der Waals surface area contributed by atoms with E-state index in [0.29, 0.717) is 36.8 Å². The first kappa shape index (κ1) is 18.3. The van der Waals surface area contributed by atoms with Gasteiger partial charge in [0.15, 0.2) is 11.5 Å². The van der Waals surface area contributed by atoms with Crippen LogP contribution in [0.1, 0.15) is 12.5 Å². The number of amides is 1. The van der Waals surface area contributed by atoms with Crippen LogP contribution in [0.25, 0.3) is 6.08 Å². The smallest absolute Gasteiger partial charge is 0.253 e. The molecule has 1 amide bonds. The molecule has 0 bridgehead atoms. The van der Waals surface area contributed by atoms with Crippen LogP contribution in [0.2, 0.25) is 0 Å². The van der Waals surface area contributed by atoms with E-state index >= 15 is 0 Å². The van der Waals surface area contributed by atoms with Crippen molar-refractivity contribution in [3.63, 3.8) is 0 Å². The maximum Gasteiger partial charge on any atom is 0.253 e. The Balaban J connectivity index is 1.43. The zero-order chi connectivity index (χ0) is 19.5. The monoisotopic (exact) mass is 382 g/mol. The Labute approximate surface area is 164 Å². The van der Waals surface area contributed by atoms with Crippen molar-refractivity contribution in [1.82, 2.24) is 4.90 Å². The third kappa shape index (κ3) is 3.67. The second-order valence-electron chi connectivity index (χ2n) is 6.82. The first-order valence-electron chi connectivity index (χ1n) is 9.54. The fourth-order valence-corrected chi connectivity index (χ4v) is 3.60. The summed E-state index contributed by atoms with van der Waals surface area (Å²) in [5.74, 6) is 1.17. The van der Waals surface area contributed by atoms with E-state index in [1.54, 1.807) is 12.1 Å². The molecule has 2 aromatic rings. The number of hydrogen-bond acceptors (Lipinski definition) is 4. The molecule has 2 aromatic carbocycles. The number of anilines is 1. The number of halogens is 1. The highest BCUT2D eigenvalue weighted by Crippen LogP contribution is 2.36. The van der Waals surface area contributed by atoms with Crippen LogP contribution in [-0.2, 0) is 4.79 Å². The van der Waals surface area contributed by atoms with Gasteiger partial charge < -0.3 is 19.3 Å². The predicted octanol–water partition coefficient (Wildman–Crippen LogP) is 3.35. The molecule has 2 heterocycles. The van der Waals surface area contributed by atoms with Gasteiger partial charge in [-0.2, -0.15) is 0 Å². The fraction of sp³-hybridized carbons (Fsp3) is 0.318. The van der Waals surface area contributed by atoms with Gasteiger partial charge >= 0.3 is 0 Å². The molecule has 2 aliphatic heterocycles. The molecule has 4 rings (SSSR count). The minimum Gasteiger partial charge on any atom is -0.490 e. The highest BCUT2D eigenvalue weighted by atomic mass is 19.1. The van der Waals surface area contributed by atoms with Gasteiger partial charge in [-0.1, -0.05) is 12.1 Å². The first-order valence-corrected chi connectivity index (χ1v) is 9.54. The van der Waals surface area contributed by atoms with Crippen LogP contribution in [0.15, 0.2) is 48.0 Å². The van der Waals surface area contributed by atoms with Gasteiger partial charge in [-0.15, -0.1) is 0 Å². The highest BCUT2D eigenvalue weighted by molar-refractivity contribution is 5.99. The molecule has 0 aromatic heterocycles. The molecule has 0 radical (unpaired) electrons. The minimum absolute atomic E-state index is 0.00576. The normalized spacial score (nSPS) is 16.1. The molecule has 0 unspecified atom stereocenters. The molecule has 0 saturated carbocycles. The summed E-state index contributed by atoms with van der Waals surface area (Å²) in [5.41, 5.74) is 2.49. The first-order chi connectivity index (χ1) is 13.7. The average molecular weight is 382 g/mol. The van der Waals surface area contributed by atoms with Gasteiger partial charge in [0.25, 0.3) is 5.91 Å². The van der Waals surface area contributed by atoms with E-state index in [-0.39, 0.29) is 18.3 Å². The SMILES string of the molecule is CCOc1cccc2c1OCC(C(=O)N1CCN(c3ccc(F)cc3)CC1)=C2. The van der Waals surface area contributed by atoms with Gasteiger partial charge in [0.1, 0.15) is 12.4 Å². The molecule has 5 nitrogen and oxygen atoms in total. The summed E-state index contributed by atoms with van der Waals surface area (Å²) >= 11 is 0. The van der Waals surface area contributed by atoms with E-state index < -0.39 is 0 Å². The van der Waals surface area contributed by atoms with Crippen molar-refractivity contribution >= 4 is 17.7 Å². The number of rotatable bonds is 4. The van der Waals surface area contributed by atoms with Crippen LogP contribution in [0.3, 0.4) is 0 Å². The highest BCUT2D eigenvalue weighted by Gasteiger charge is 2.27. The fourth-order valence-electron chi connectivity index (χ4n) is 3.60. The molecule has 146 valence electrons. The summed E-state index contributed by atoms with van der Waals surface area (Å²) in [7, 11) is 0. The van der Waals surface area contributed by atoms with Crippen molar-refractivity contribution in [2.45, 2.75) is 6.92 Å². The number of benzene rings is 2. The van der Waals surface area contributed by atoms with E-state index in [4.69, 9.17) is 9.47 Å².